The Kier molecular flexibility index (Phi) is 8.61. The summed E-state index contributed by atoms with van der Waals surface area (Å²) in [6, 6.07) is 0. The van der Waals surface area contributed by atoms with Crippen LogP contribution in [0.1, 0.15) is 35.7 Å². The molecule has 0 atom stereocenters. The number of carboxylic acids is 1. The Balaban J connectivity index is 0.000000516. The quantitative estimate of drug-likeness (QED) is 0.731. The molecule has 0 saturated heterocycles. The fourth-order valence-electron chi connectivity index (χ4n) is 2.42. The van der Waals surface area contributed by atoms with Gasteiger partial charge in [0.15, 0.2) is 5.69 Å². The monoisotopic (exact) mass is 422 g/mol. The van der Waals surface area contributed by atoms with Gasteiger partial charge in [-0.3, -0.25) is 9.59 Å². The average molecular weight is 422 g/mol. The van der Waals surface area contributed by atoms with Gasteiger partial charge in [-0.25, -0.2) is 4.79 Å². The molecule has 0 aliphatic carbocycles. The fourth-order valence-corrected chi connectivity index (χ4v) is 2.42. The van der Waals surface area contributed by atoms with Gasteiger partial charge < -0.3 is 24.7 Å². The number of carbonyl (C=O) groups is 3. The van der Waals surface area contributed by atoms with Crippen molar-refractivity contribution in [2.45, 2.75) is 33.0 Å². The smallest absolute Gasteiger partial charge is 0.475 e. The number of alkyl halides is 3. The highest BCUT2D eigenvalue weighted by Crippen LogP contribution is 2.23. The number of likely N-dealkylation sites (N-methyl/N-ethyl adjacent to an activating group) is 1. The first-order valence-electron chi connectivity index (χ1n) is 8.83. The maximum atomic E-state index is 12.2. The van der Waals surface area contributed by atoms with Gasteiger partial charge >= 0.3 is 12.1 Å². The molecule has 1 aromatic heterocycles. The number of rotatable bonds is 5. The van der Waals surface area contributed by atoms with Crippen molar-refractivity contribution in [2.75, 3.05) is 33.7 Å². The third kappa shape index (κ3) is 7.37. The van der Waals surface area contributed by atoms with Gasteiger partial charge in [-0.15, -0.1) is 0 Å². The fraction of sp³-hybridized carbons (Fsp3) is 0.647. The molecule has 1 aliphatic rings. The Hall–Kier alpha value is -2.63. The summed E-state index contributed by atoms with van der Waals surface area (Å²) < 4.78 is 37.0. The van der Waals surface area contributed by atoms with Crippen molar-refractivity contribution in [1.29, 1.82) is 0 Å². The van der Waals surface area contributed by atoms with Crippen LogP contribution >= 0.6 is 0 Å². The predicted octanol–water partition coefficient (Wildman–Crippen LogP) is 1.14. The molecule has 164 valence electrons. The van der Waals surface area contributed by atoms with Crippen LogP contribution in [-0.4, -0.2) is 77.8 Å². The Morgan fingerprint density at radius 2 is 1.90 bits per heavy atom. The number of aliphatic carboxylic acids is 1. The van der Waals surface area contributed by atoms with E-state index in [1.165, 1.54) is 0 Å². The van der Waals surface area contributed by atoms with Gasteiger partial charge in [0, 0.05) is 37.5 Å². The number of hydrogen-bond acceptors (Lipinski definition) is 6. The van der Waals surface area contributed by atoms with Crippen molar-refractivity contribution in [3.8, 4) is 0 Å². The van der Waals surface area contributed by atoms with E-state index in [-0.39, 0.29) is 17.7 Å². The lowest BCUT2D eigenvalue weighted by molar-refractivity contribution is -0.192. The molecule has 0 bridgehead atoms. The normalized spacial score (nSPS) is 13.6. The van der Waals surface area contributed by atoms with E-state index in [0.29, 0.717) is 37.5 Å². The van der Waals surface area contributed by atoms with Crippen LogP contribution in [0, 0.1) is 5.92 Å². The minimum atomic E-state index is -5.08. The number of amides is 2. The molecule has 2 N–H and O–H groups in total. The van der Waals surface area contributed by atoms with E-state index in [2.05, 4.69) is 10.5 Å². The van der Waals surface area contributed by atoms with Crippen LogP contribution in [0.3, 0.4) is 0 Å². The number of nitrogens with one attached hydrogen (secondary N) is 1. The van der Waals surface area contributed by atoms with E-state index in [0.717, 1.165) is 12.1 Å². The lowest BCUT2D eigenvalue weighted by Gasteiger charge is -2.27. The van der Waals surface area contributed by atoms with Crippen LogP contribution < -0.4 is 5.32 Å². The SMILES string of the molecule is CC(C)C(=O)N1CCc2onc(C(=O)NCCN(C)C)c2C1.O=C(O)C(F)(F)F. The molecule has 29 heavy (non-hydrogen) atoms. The van der Waals surface area contributed by atoms with Gasteiger partial charge in [0.2, 0.25) is 5.91 Å². The number of carbonyl (C=O) groups excluding carboxylic acids is 2. The number of aromatic nitrogens is 1. The van der Waals surface area contributed by atoms with Gasteiger partial charge in [-0.05, 0) is 14.1 Å². The summed E-state index contributed by atoms with van der Waals surface area (Å²) in [5, 5.41) is 13.8. The summed E-state index contributed by atoms with van der Waals surface area (Å²) in [4.78, 5) is 37.0. The van der Waals surface area contributed by atoms with Crippen LogP contribution in [0.5, 0.6) is 0 Å². The summed E-state index contributed by atoms with van der Waals surface area (Å²) in [6.07, 6.45) is -4.48. The average Bonchev–Trinajstić information content (AvgIpc) is 3.03. The van der Waals surface area contributed by atoms with Gasteiger partial charge in [0.1, 0.15) is 5.76 Å². The second-order valence-corrected chi connectivity index (χ2v) is 6.96. The molecule has 9 nitrogen and oxygen atoms in total. The molecule has 0 saturated carbocycles. The van der Waals surface area contributed by atoms with Crippen molar-refractivity contribution < 1.29 is 37.2 Å². The minimum absolute atomic E-state index is 0.0567. The molecule has 2 amide bonds. The first-order valence-corrected chi connectivity index (χ1v) is 8.83. The number of fused-ring (bicyclic) bond motifs is 1. The maximum Gasteiger partial charge on any atom is 0.490 e. The Bertz CT molecular complexity index is 731. The zero-order valence-electron chi connectivity index (χ0n) is 16.7. The van der Waals surface area contributed by atoms with Crippen LogP contribution in [0.4, 0.5) is 13.2 Å². The van der Waals surface area contributed by atoms with E-state index in [4.69, 9.17) is 14.4 Å². The summed E-state index contributed by atoms with van der Waals surface area (Å²) in [5.41, 5.74) is 1.04. The second-order valence-electron chi connectivity index (χ2n) is 6.96. The highest BCUT2D eigenvalue weighted by Gasteiger charge is 2.38. The molecule has 2 rings (SSSR count). The third-order valence-corrected chi connectivity index (χ3v) is 3.94. The summed E-state index contributed by atoms with van der Waals surface area (Å²) in [7, 11) is 3.89. The summed E-state index contributed by atoms with van der Waals surface area (Å²) in [5.74, 6) is -2.26. The molecule has 0 radical (unpaired) electrons. The minimum Gasteiger partial charge on any atom is -0.475 e. The van der Waals surface area contributed by atoms with E-state index in [1.54, 1.807) is 4.90 Å². The van der Waals surface area contributed by atoms with Gasteiger partial charge in [0.25, 0.3) is 5.91 Å². The van der Waals surface area contributed by atoms with Crippen molar-refractivity contribution in [2.24, 2.45) is 5.92 Å². The number of halogens is 3. The zero-order valence-corrected chi connectivity index (χ0v) is 16.7. The van der Waals surface area contributed by atoms with Crippen molar-refractivity contribution in [1.82, 2.24) is 20.3 Å². The van der Waals surface area contributed by atoms with Gasteiger partial charge in [0.05, 0.1) is 6.54 Å². The molecule has 0 unspecified atom stereocenters. The molecule has 1 aliphatic heterocycles. The van der Waals surface area contributed by atoms with Crippen LogP contribution in [-0.2, 0) is 22.6 Å². The lowest BCUT2D eigenvalue weighted by atomic mass is 10.0. The standard InChI is InChI=1S/C15H24N4O3.C2HF3O2/c1-10(2)15(21)19-7-5-12-11(9-19)13(17-22-12)14(20)16-6-8-18(3)4;3-2(4,5)1(6)7/h10H,5-9H2,1-4H3,(H,16,20);(H,6,7). The van der Waals surface area contributed by atoms with Crippen LogP contribution in [0.15, 0.2) is 4.52 Å². The van der Waals surface area contributed by atoms with E-state index in [9.17, 15) is 22.8 Å². The van der Waals surface area contributed by atoms with Crippen LogP contribution in [0.25, 0.3) is 0 Å². The Morgan fingerprint density at radius 1 is 1.31 bits per heavy atom. The van der Waals surface area contributed by atoms with Crippen molar-refractivity contribution in [3.63, 3.8) is 0 Å². The zero-order chi connectivity index (χ0) is 22.4. The molecule has 0 fully saturated rings. The first-order chi connectivity index (χ1) is 13.3. The molecule has 2 heterocycles. The van der Waals surface area contributed by atoms with Crippen molar-refractivity contribution >= 4 is 17.8 Å². The topological polar surface area (TPSA) is 116 Å². The van der Waals surface area contributed by atoms with E-state index < -0.39 is 12.1 Å². The molecule has 1 aromatic rings. The molecule has 0 aromatic carbocycles. The predicted molar refractivity (Wildman–Crippen MR) is 95.0 cm³/mol. The molecular formula is C17H25F3N4O5. The summed E-state index contributed by atoms with van der Waals surface area (Å²) >= 11 is 0. The lowest BCUT2D eigenvalue weighted by Crippen LogP contribution is -2.39. The van der Waals surface area contributed by atoms with E-state index in [1.807, 2.05) is 32.8 Å². The Labute approximate surface area is 165 Å². The van der Waals surface area contributed by atoms with Gasteiger partial charge in [-0.1, -0.05) is 19.0 Å². The first kappa shape index (κ1) is 24.4. The van der Waals surface area contributed by atoms with Crippen molar-refractivity contribution in [3.05, 3.63) is 17.0 Å². The molecule has 12 heteroatoms. The molecule has 0 spiro atoms. The molecular weight excluding hydrogens is 397 g/mol. The maximum absolute atomic E-state index is 12.2. The number of hydrogen-bond donors (Lipinski definition) is 2. The number of nitrogens with zero attached hydrogens (tertiary/aromatic N) is 3. The number of carboxylic acid groups (broad SMARTS) is 1. The second kappa shape index (κ2) is 10.2. The summed E-state index contributed by atoms with van der Waals surface area (Å²) in [6.45, 7) is 6.06. The van der Waals surface area contributed by atoms with Gasteiger partial charge in [-0.2, -0.15) is 13.2 Å². The Morgan fingerprint density at radius 3 is 2.38 bits per heavy atom. The highest BCUT2D eigenvalue weighted by molar-refractivity contribution is 5.94. The highest BCUT2D eigenvalue weighted by atomic mass is 19.4. The third-order valence-electron chi connectivity index (χ3n) is 3.94. The largest absolute Gasteiger partial charge is 0.490 e. The van der Waals surface area contributed by atoms with E-state index >= 15 is 0 Å². The van der Waals surface area contributed by atoms with Crippen LogP contribution in [0.2, 0.25) is 0 Å².